The standard InChI is InChI=1S/C37H43N5O7S.C36H38Cl2N4O6S2/c1-24-35(26(3)49-39-24)50(45,46)38-18-10-15-30(28-16-17-32(47-4)33(23-28)48-5)42-36(43)29-13-9-14-31(34(29)37(42)44)41-21-19-40(20-22-41)25(2)27-11-7-6-8-12-27;1-23(24-9-5-4-6-10-24)40-17-19-41(20-18-40)28-12-7-11-26-33(28)36(44)42(35(26)43)27(25-14-15-29(47-2)30(21-25)48-3)13-8-16-39-50(45,46)31-22-32(37)49-34(31)38/h6-9,11-14,16-17,23,25,30,38H,10,15,18-22H2,1-5H3;4-7,9-12,14-15,21-23,27,39H,8,13,16-20H2,1-3H3/t25-,30?;23-,27?/m11/s1. The lowest BCUT2D eigenvalue weighted by Crippen LogP contribution is -2.47. The number of piperazine rings is 2. The van der Waals surface area contributed by atoms with Gasteiger partial charge in [-0.15, -0.1) is 11.3 Å². The first-order chi connectivity index (χ1) is 48.1. The summed E-state index contributed by atoms with van der Waals surface area (Å²) in [6, 6.07) is 42.6. The number of carbonyl (C=O) groups is 4. The Labute approximate surface area is 597 Å². The van der Waals surface area contributed by atoms with Crippen molar-refractivity contribution in [2.75, 3.05) is 104 Å². The van der Waals surface area contributed by atoms with Crippen molar-refractivity contribution in [2.45, 2.75) is 87.3 Å². The van der Waals surface area contributed by atoms with Gasteiger partial charge in [0.25, 0.3) is 23.6 Å². The van der Waals surface area contributed by atoms with Crippen LogP contribution in [0.15, 0.2) is 154 Å². The maximum atomic E-state index is 14.4. The minimum Gasteiger partial charge on any atom is -0.493 e. The van der Waals surface area contributed by atoms with E-state index >= 15 is 0 Å². The molecule has 0 spiro atoms. The number of thiophene rings is 1. The van der Waals surface area contributed by atoms with Gasteiger partial charge in [-0.2, -0.15) is 0 Å². The van der Waals surface area contributed by atoms with Crippen LogP contribution >= 0.6 is 34.5 Å². The largest absolute Gasteiger partial charge is 0.493 e. The topological polar surface area (TPSA) is 243 Å². The smallest absolute Gasteiger partial charge is 0.264 e. The number of anilines is 2. The number of aromatic nitrogens is 1. The number of nitrogens with zero attached hydrogens (tertiary/aromatic N) is 7. The molecule has 0 saturated carbocycles. The normalized spacial score (nSPS) is 16.4. The van der Waals surface area contributed by atoms with E-state index < -0.39 is 38.0 Å². The van der Waals surface area contributed by atoms with Crippen LogP contribution in [0.3, 0.4) is 0 Å². The number of benzene rings is 6. The molecule has 6 heterocycles. The predicted octanol–water partition coefficient (Wildman–Crippen LogP) is 12.3. The molecule has 2 saturated heterocycles. The number of rotatable bonds is 26. The summed E-state index contributed by atoms with van der Waals surface area (Å²) in [6.07, 6.45) is 1.18. The summed E-state index contributed by atoms with van der Waals surface area (Å²) < 4.78 is 84.6. The summed E-state index contributed by atoms with van der Waals surface area (Å²) in [5.41, 5.74) is 7.07. The van der Waals surface area contributed by atoms with Crippen molar-refractivity contribution in [3.63, 3.8) is 0 Å². The third-order valence-electron chi connectivity index (χ3n) is 19.1. The van der Waals surface area contributed by atoms with E-state index in [0.717, 1.165) is 48.9 Å². The van der Waals surface area contributed by atoms with E-state index in [9.17, 15) is 36.0 Å². The van der Waals surface area contributed by atoms with Gasteiger partial charge >= 0.3 is 0 Å². The second-order valence-electron chi connectivity index (χ2n) is 24.8. The lowest BCUT2D eigenvalue weighted by atomic mass is 9.99. The summed E-state index contributed by atoms with van der Waals surface area (Å²) in [4.78, 5) is 68.9. The molecule has 8 aromatic rings. The van der Waals surface area contributed by atoms with E-state index in [1.165, 1.54) is 55.4 Å². The first kappa shape index (κ1) is 72.9. The fraction of sp³-hybridized carbons (Fsp3) is 0.356. The van der Waals surface area contributed by atoms with Gasteiger partial charge in [0.2, 0.25) is 20.0 Å². The van der Waals surface area contributed by atoms with Gasteiger partial charge in [0, 0.05) is 77.5 Å². The number of amides is 4. The first-order valence-corrected chi connectivity index (χ1v) is 37.5. The Balaban J connectivity index is 0.000000202. The van der Waals surface area contributed by atoms with Crippen LogP contribution in [-0.4, -0.2) is 159 Å². The highest BCUT2D eigenvalue weighted by Crippen LogP contribution is 2.44. The van der Waals surface area contributed by atoms with Crippen LogP contribution in [0.2, 0.25) is 8.67 Å². The molecule has 22 nitrogen and oxygen atoms in total. The summed E-state index contributed by atoms with van der Waals surface area (Å²) in [5, 5.41) is 3.76. The van der Waals surface area contributed by atoms with E-state index in [2.05, 4.69) is 96.6 Å². The Bertz CT molecular complexity index is 4510. The van der Waals surface area contributed by atoms with Gasteiger partial charge in [0.05, 0.1) is 78.5 Å². The van der Waals surface area contributed by atoms with Gasteiger partial charge in [0.15, 0.2) is 28.8 Å². The van der Waals surface area contributed by atoms with Gasteiger partial charge in [-0.3, -0.25) is 38.8 Å². The maximum absolute atomic E-state index is 14.4. The molecule has 27 heteroatoms. The molecule has 528 valence electrons. The van der Waals surface area contributed by atoms with E-state index in [-0.39, 0.29) is 85.7 Å². The highest BCUT2D eigenvalue weighted by molar-refractivity contribution is 7.90. The van der Waals surface area contributed by atoms with Crippen molar-refractivity contribution < 1.29 is 59.5 Å². The Morgan fingerprint density at radius 2 is 0.930 bits per heavy atom. The van der Waals surface area contributed by atoms with Crippen LogP contribution in [0.1, 0.15) is 139 Å². The molecule has 4 aliphatic heterocycles. The number of nitrogens with one attached hydrogen (secondary N) is 2. The number of sulfonamides is 2. The van der Waals surface area contributed by atoms with Crippen LogP contribution in [0.5, 0.6) is 23.0 Å². The summed E-state index contributed by atoms with van der Waals surface area (Å²) >= 11 is 13.1. The van der Waals surface area contributed by atoms with Crippen LogP contribution in [0.25, 0.3) is 0 Å². The Morgan fingerprint density at radius 3 is 1.31 bits per heavy atom. The van der Waals surface area contributed by atoms with Gasteiger partial charge in [-0.25, -0.2) is 26.3 Å². The second kappa shape index (κ2) is 31.7. The van der Waals surface area contributed by atoms with E-state index in [1.807, 2.05) is 36.4 Å². The van der Waals surface area contributed by atoms with Crippen molar-refractivity contribution in [1.82, 2.24) is 34.2 Å². The first-order valence-electron chi connectivity index (χ1n) is 33.0. The number of hydrogen-bond acceptors (Lipinski definition) is 19. The lowest BCUT2D eigenvalue weighted by Gasteiger charge is -2.39. The molecule has 2 N–H and O–H groups in total. The lowest BCUT2D eigenvalue weighted by molar-refractivity contribution is 0.0557. The fourth-order valence-electron chi connectivity index (χ4n) is 13.8. The van der Waals surface area contributed by atoms with E-state index in [1.54, 1.807) is 62.4 Å². The minimum absolute atomic E-state index is 0.0113. The van der Waals surface area contributed by atoms with Crippen molar-refractivity contribution in [2.24, 2.45) is 0 Å². The third-order valence-corrected chi connectivity index (χ3v) is 24.0. The molecule has 6 aromatic carbocycles. The summed E-state index contributed by atoms with van der Waals surface area (Å²) in [7, 11) is -1.71. The minimum atomic E-state index is -3.93. The average Bonchev–Trinajstić information content (AvgIpc) is 1.60. The van der Waals surface area contributed by atoms with Gasteiger partial charge in [-0.1, -0.05) is 113 Å². The number of halogens is 2. The van der Waals surface area contributed by atoms with Crippen molar-refractivity contribution in [3.8, 4) is 23.0 Å². The molecule has 2 unspecified atom stereocenters. The van der Waals surface area contributed by atoms with E-state index in [0.29, 0.717) is 95.4 Å². The monoisotopic (exact) mass is 1460 g/mol. The zero-order chi connectivity index (χ0) is 71.2. The Morgan fingerprint density at radius 1 is 0.510 bits per heavy atom. The maximum Gasteiger partial charge on any atom is 0.264 e. The van der Waals surface area contributed by atoms with Crippen LogP contribution in [0.4, 0.5) is 11.4 Å². The molecular formula is C73H81Cl2N9O13S3. The molecular weight excluding hydrogens is 1380 g/mol. The number of fused-ring (bicyclic) bond motifs is 2. The summed E-state index contributed by atoms with van der Waals surface area (Å²) in [5.74, 6) is 0.549. The van der Waals surface area contributed by atoms with Crippen molar-refractivity contribution >= 4 is 89.6 Å². The average molecular weight is 1460 g/mol. The van der Waals surface area contributed by atoms with Gasteiger partial charge in [-0.05, 0) is 130 Å². The van der Waals surface area contributed by atoms with Crippen LogP contribution in [0, 0.1) is 13.8 Å². The number of carbonyl (C=O) groups excluding carboxylic acids is 4. The molecule has 0 aliphatic carbocycles. The van der Waals surface area contributed by atoms with Crippen molar-refractivity contribution in [3.05, 3.63) is 204 Å². The molecule has 2 aromatic heterocycles. The second-order valence-corrected chi connectivity index (χ2v) is 30.5. The van der Waals surface area contributed by atoms with Crippen molar-refractivity contribution in [1.29, 1.82) is 0 Å². The Hall–Kier alpha value is -8.37. The Kier molecular flexibility index (Phi) is 23.1. The molecule has 100 heavy (non-hydrogen) atoms. The third kappa shape index (κ3) is 15.3. The fourth-order valence-corrected chi connectivity index (χ4v) is 18.4. The number of ether oxygens (including phenoxy) is 4. The highest BCUT2D eigenvalue weighted by atomic mass is 35.5. The van der Waals surface area contributed by atoms with E-state index in [4.69, 9.17) is 46.7 Å². The summed E-state index contributed by atoms with van der Waals surface area (Å²) in [6.45, 7) is 13.7. The zero-order valence-electron chi connectivity index (χ0n) is 56.9. The number of hydrogen-bond donors (Lipinski definition) is 2. The molecule has 4 atom stereocenters. The zero-order valence-corrected chi connectivity index (χ0v) is 60.9. The predicted molar refractivity (Wildman–Crippen MR) is 385 cm³/mol. The van der Waals surface area contributed by atoms with Crippen LogP contribution < -0.4 is 38.2 Å². The molecule has 4 aliphatic rings. The molecule has 12 rings (SSSR count). The SMILES string of the molecule is COc1ccc(C(CCCNS(=O)(=O)c2c(C)noc2C)N2C(=O)c3cccc(N4CCN([C@H](C)c5ccccc5)CC4)c3C2=O)cc1OC.COc1ccc(C(CCCNS(=O)(=O)c2cc(Cl)sc2Cl)N2C(=O)c3cccc(N4CCN([C@H](C)c5ccccc5)CC4)c3C2=O)cc1OC. The van der Waals surface area contributed by atoms with Gasteiger partial charge < -0.3 is 33.3 Å². The van der Waals surface area contributed by atoms with Gasteiger partial charge in [0.1, 0.15) is 19.8 Å². The molecule has 2 fully saturated rings. The number of aryl methyl sites for hydroxylation is 2. The molecule has 4 amide bonds. The highest BCUT2D eigenvalue weighted by Gasteiger charge is 2.45. The number of methoxy groups -OCH3 is 4. The molecule has 0 radical (unpaired) electrons. The number of imide groups is 2. The molecule has 0 bridgehead atoms. The van der Waals surface area contributed by atoms with Crippen LogP contribution in [-0.2, 0) is 20.0 Å². The quantitative estimate of drug-likeness (QED) is 0.0378.